The zero-order valence-corrected chi connectivity index (χ0v) is 12.6. The van der Waals surface area contributed by atoms with E-state index in [-0.39, 0.29) is 11.9 Å². The highest BCUT2D eigenvalue weighted by Crippen LogP contribution is 2.49. The summed E-state index contributed by atoms with van der Waals surface area (Å²) in [6.45, 7) is 1.20. The van der Waals surface area contributed by atoms with Gasteiger partial charge in [0.25, 0.3) is 0 Å². The van der Waals surface area contributed by atoms with Crippen LogP contribution in [-0.4, -0.2) is 38.1 Å². The smallest absolute Gasteiger partial charge is 0.231 e. The van der Waals surface area contributed by atoms with Crippen LogP contribution in [0.15, 0.2) is 12.1 Å². The number of rotatable bonds is 5. The van der Waals surface area contributed by atoms with Gasteiger partial charge in [-0.25, -0.2) is 0 Å². The molecule has 1 aromatic carbocycles. The van der Waals surface area contributed by atoms with Crippen molar-refractivity contribution in [1.29, 1.82) is 0 Å². The van der Waals surface area contributed by atoms with Crippen LogP contribution in [0, 0.1) is 5.92 Å². The van der Waals surface area contributed by atoms with Gasteiger partial charge in [0.15, 0.2) is 11.5 Å². The summed E-state index contributed by atoms with van der Waals surface area (Å²) in [5.41, 5.74) is 7.97. The number of fused-ring (bicyclic) bond motifs is 1. The van der Waals surface area contributed by atoms with Crippen LogP contribution in [0.2, 0.25) is 0 Å². The quantitative estimate of drug-likeness (QED) is 0.892. The molecule has 1 saturated carbocycles. The van der Waals surface area contributed by atoms with Gasteiger partial charge in [0.05, 0.1) is 20.8 Å². The minimum Gasteiger partial charge on any atom is -0.493 e. The molecule has 0 bridgehead atoms. The Labute approximate surface area is 125 Å². The fraction of sp³-hybridized carbons (Fsp3) is 0.562. The molecule has 1 aliphatic carbocycles. The number of carbonyl (C=O) groups is 1. The van der Waals surface area contributed by atoms with Crippen molar-refractivity contribution < 1.29 is 14.3 Å². The number of primary amides is 1. The van der Waals surface area contributed by atoms with Gasteiger partial charge in [-0.15, -0.1) is 0 Å². The third-order valence-electron chi connectivity index (χ3n) is 4.45. The summed E-state index contributed by atoms with van der Waals surface area (Å²) in [7, 11) is 3.31. The van der Waals surface area contributed by atoms with Crippen molar-refractivity contribution in [1.82, 2.24) is 4.90 Å². The fourth-order valence-electron chi connectivity index (χ4n) is 3.37. The maximum Gasteiger partial charge on any atom is 0.231 e. The topological polar surface area (TPSA) is 64.8 Å². The van der Waals surface area contributed by atoms with Crippen LogP contribution in [0.1, 0.15) is 30.0 Å². The second-order valence-electron chi connectivity index (χ2n) is 5.88. The van der Waals surface area contributed by atoms with Gasteiger partial charge in [0.1, 0.15) is 0 Å². The highest BCUT2D eigenvalue weighted by molar-refractivity contribution is 5.76. The Morgan fingerprint density at radius 3 is 2.52 bits per heavy atom. The Bertz CT molecular complexity index is 555. The molecular weight excluding hydrogens is 268 g/mol. The Kier molecular flexibility index (Phi) is 3.76. The average Bonchev–Trinajstić information content (AvgIpc) is 3.29. The zero-order valence-electron chi connectivity index (χ0n) is 12.6. The molecule has 1 heterocycles. The number of nitrogens with two attached hydrogens (primary N) is 1. The minimum absolute atomic E-state index is 0.260. The van der Waals surface area contributed by atoms with Crippen molar-refractivity contribution in [2.75, 3.05) is 27.3 Å². The molecule has 21 heavy (non-hydrogen) atoms. The summed E-state index contributed by atoms with van der Waals surface area (Å²) >= 11 is 0. The molecule has 2 aliphatic rings. The highest BCUT2D eigenvalue weighted by atomic mass is 16.5. The van der Waals surface area contributed by atoms with Crippen LogP contribution in [-0.2, 0) is 11.2 Å². The lowest BCUT2D eigenvalue weighted by atomic mass is 9.89. The molecule has 114 valence electrons. The van der Waals surface area contributed by atoms with Crippen molar-refractivity contribution in [2.24, 2.45) is 11.7 Å². The number of hydrogen-bond donors (Lipinski definition) is 1. The molecular formula is C16H22N2O3. The van der Waals surface area contributed by atoms with Gasteiger partial charge >= 0.3 is 0 Å². The summed E-state index contributed by atoms with van der Waals surface area (Å²) in [6, 6.07) is 4.43. The van der Waals surface area contributed by atoms with Crippen molar-refractivity contribution in [3.8, 4) is 11.5 Å². The van der Waals surface area contributed by atoms with Crippen molar-refractivity contribution in [2.45, 2.75) is 25.3 Å². The molecule has 0 spiro atoms. The first-order chi connectivity index (χ1) is 10.1. The minimum atomic E-state index is -0.260. The molecule has 1 fully saturated rings. The van der Waals surface area contributed by atoms with E-state index in [0.717, 1.165) is 24.5 Å². The van der Waals surface area contributed by atoms with Crippen molar-refractivity contribution >= 4 is 5.91 Å². The Balaban J connectivity index is 1.99. The lowest BCUT2D eigenvalue weighted by molar-refractivity contribution is -0.120. The van der Waals surface area contributed by atoms with Crippen LogP contribution in [0.4, 0.5) is 0 Å². The summed E-state index contributed by atoms with van der Waals surface area (Å²) in [4.78, 5) is 13.5. The van der Waals surface area contributed by atoms with Gasteiger partial charge in [-0.05, 0) is 48.4 Å². The van der Waals surface area contributed by atoms with Gasteiger partial charge in [0, 0.05) is 12.6 Å². The maximum atomic E-state index is 11.3. The van der Waals surface area contributed by atoms with Gasteiger partial charge in [-0.1, -0.05) is 0 Å². The lowest BCUT2D eigenvalue weighted by Crippen LogP contribution is -2.41. The van der Waals surface area contributed by atoms with Gasteiger partial charge in [0.2, 0.25) is 5.91 Å². The van der Waals surface area contributed by atoms with E-state index >= 15 is 0 Å². The SMILES string of the molecule is COc1cc2c(cc1OC)C(C1CC1)N(CC(N)=O)CC2. The fourth-order valence-corrected chi connectivity index (χ4v) is 3.37. The molecule has 0 saturated heterocycles. The van der Waals surface area contributed by atoms with Crippen LogP contribution in [0.25, 0.3) is 0 Å². The molecule has 5 heteroatoms. The second kappa shape index (κ2) is 5.56. The molecule has 0 radical (unpaired) electrons. The Hall–Kier alpha value is -1.75. The third-order valence-corrected chi connectivity index (χ3v) is 4.45. The Morgan fingerprint density at radius 1 is 1.29 bits per heavy atom. The Morgan fingerprint density at radius 2 is 1.95 bits per heavy atom. The van der Waals surface area contributed by atoms with Gasteiger partial charge < -0.3 is 15.2 Å². The zero-order chi connectivity index (χ0) is 15.0. The molecule has 3 rings (SSSR count). The number of nitrogens with zero attached hydrogens (tertiary/aromatic N) is 1. The summed E-state index contributed by atoms with van der Waals surface area (Å²) in [5, 5.41) is 0. The first-order valence-electron chi connectivity index (χ1n) is 7.41. The number of methoxy groups -OCH3 is 2. The molecule has 1 unspecified atom stereocenters. The van der Waals surface area contributed by atoms with Crippen molar-refractivity contribution in [3.05, 3.63) is 23.3 Å². The maximum absolute atomic E-state index is 11.3. The van der Waals surface area contributed by atoms with Crippen molar-refractivity contribution in [3.63, 3.8) is 0 Å². The summed E-state index contributed by atoms with van der Waals surface area (Å²) in [6.07, 6.45) is 3.34. The summed E-state index contributed by atoms with van der Waals surface area (Å²) < 4.78 is 10.8. The molecule has 1 amide bonds. The third kappa shape index (κ3) is 2.70. The van der Waals surface area contributed by atoms with E-state index in [1.165, 1.54) is 24.0 Å². The highest BCUT2D eigenvalue weighted by Gasteiger charge is 2.40. The molecule has 1 aromatic rings. The molecule has 0 aromatic heterocycles. The predicted octanol–water partition coefficient (Wildman–Crippen LogP) is 1.50. The van der Waals surface area contributed by atoms with Crippen LogP contribution < -0.4 is 15.2 Å². The molecule has 5 nitrogen and oxygen atoms in total. The number of benzene rings is 1. The van der Waals surface area contributed by atoms with Crippen LogP contribution >= 0.6 is 0 Å². The number of carbonyl (C=O) groups excluding carboxylic acids is 1. The largest absolute Gasteiger partial charge is 0.493 e. The van der Waals surface area contributed by atoms with E-state index in [1.807, 2.05) is 0 Å². The van der Waals surface area contributed by atoms with E-state index in [0.29, 0.717) is 12.5 Å². The molecule has 1 atom stereocenters. The molecule has 1 aliphatic heterocycles. The van der Waals surface area contributed by atoms with Gasteiger partial charge in [-0.2, -0.15) is 0 Å². The standard InChI is InChI=1S/C16H22N2O3/c1-20-13-7-11-5-6-18(9-15(17)19)16(10-3-4-10)12(11)8-14(13)21-2/h7-8,10,16H,3-6,9H2,1-2H3,(H2,17,19). The summed E-state index contributed by atoms with van der Waals surface area (Å²) in [5.74, 6) is 1.89. The normalized spacial score (nSPS) is 21.7. The number of ether oxygens (including phenoxy) is 2. The van der Waals surface area contributed by atoms with E-state index < -0.39 is 0 Å². The van der Waals surface area contributed by atoms with Gasteiger partial charge in [-0.3, -0.25) is 9.69 Å². The van der Waals surface area contributed by atoms with Crippen LogP contribution in [0.3, 0.4) is 0 Å². The van der Waals surface area contributed by atoms with E-state index in [4.69, 9.17) is 15.2 Å². The monoisotopic (exact) mass is 290 g/mol. The van der Waals surface area contributed by atoms with E-state index in [2.05, 4.69) is 17.0 Å². The second-order valence-corrected chi connectivity index (χ2v) is 5.88. The predicted molar refractivity (Wildman–Crippen MR) is 79.5 cm³/mol. The number of hydrogen-bond acceptors (Lipinski definition) is 4. The first kappa shape index (κ1) is 14.2. The average molecular weight is 290 g/mol. The molecule has 2 N–H and O–H groups in total. The lowest BCUT2D eigenvalue weighted by Gasteiger charge is -2.37. The first-order valence-corrected chi connectivity index (χ1v) is 7.41. The number of amides is 1. The van der Waals surface area contributed by atoms with E-state index in [1.54, 1.807) is 14.2 Å². The van der Waals surface area contributed by atoms with Crippen LogP contribution in [0.5, 0.6) is 11.5 Å². The van der Waals surface area contributed by atoms with E-state index in [9.17, 15) is 4.79 Å².